The average Bonchev–Trinajstić information content (AvgIpc) is 2.18. The van der Waals surface area contributed by atoms with E-state index in [9.17, 15) is 0 Å². The van der Waals surface area contributed by atoms with E-state index < -0.39 is 0 Å². The predicted molar refractivity (Wildman–Crippen MR) is 64.1 cm³/mol. The van der Waals surface area contributed by atoms with Crippen molar-refractivity contribution in [3.8, 4) is 0 Å². The molecular formula is C12H13ClN2. The van der Waals surface area contributed by atoms with Crippen molar-refractivity contribution in [1.82, 2.24) is 4.98 Å². The molecule has 2 N–H and O–H groups in total. The fourth-order valence-electron chi connectivity index (χ4n) is 1.79. The SMILES string of the molecule is Cc1cc(CN)c2nc(C)cc(Cl)c2c1. The van der Waals surface area contributed by atoms with Gasteiger partial charge in [-0.1, -0.05) is 23.2 Å². The van der Waals surface area contributed by atoms with Crippen LogP contribution in [0.1, 0.15) is 16.8 Å². The smallest absolute Gasteiger partial charge is 0.0765 e. The molecule has 0 aliphatic heterocycles. The number of fused-ring (bicyclic) bond motifs is 1. The molecule has 0 atom stereocenters. The quantitative estimate of drug-likeness (QED) is 0.803. The van der Waals surface area contributed by atoms with Gasteiger partial charge in [-0.25, -0.2) is 0 Å². The van der Waals surface area contributed by atoms with E-state index in [2.05, 4.69) is 11.1 Å². The molecule has 0 saturated heterocycles. The van der Waals surface area contributed by atoms with E-state index in [-0.39, 0.29) is 0 Å². The first-order valence-electron chi connectivity index (χ1n) is 4.88. The summed E-state index contributed by atoms with van der Waals surface area (Å²) in [5.74, 6) is 0. The highest BCUT2D eigenvalue weighted by molar-refractivity contribution is 6.35. The molecule has 15 heavy (non-hydrogen) atoms. The van der Waals surface area contributed by atoms with Crippen LogP contribution in [0.15, 0.2) is 18.2 Å². The summed E-state index contributed by atoms with van der Waals surface area (Å²) in [6, 6.07) is 5.98. The lowest BCUT2D eigenvalue weighted by Crippen LogP contribution is -2.00. The molecule has 2 aromatic rings. The predicted octanol–water partition coefficient (Wildman–Crippen LogP) is 2.96. The number of halogens is 1. The number of rotatable bonds is 1. The van der Waals surface area contributed by atoms with E-state index in [1.807, 2.05) is 26.0 Å². The van der Waals surface area contributed by atoms with Gasteiger partial charge in [0.15, 0.2) is 0 Å². The Balaban J connectivity index is 2.89. The number of hydrogen-bond donors (Lipinski definition) is 1. The summed E-state index contributed by atoms with van der Waals surface area (Å²) in [4.78, 5) is 4.48. The van der Waals surface area contributed by atoms with Crippen LogP contribution in [0.2, 0.25) is 5.02 Å². The minimum atomic E-state index is 0.491. The second kappa shape index (κ2) is 3.80. The number of hydrogen-bond acceptors (Lipinski definition) is 2. The maximum absolute atomic E-state index is 6.18. The van der Waals surface area contributed by atoms with Crippen LogP contribution in [0.25, 0.3) is 10.9 Å². The zero-order valence-corrected chi connectivity index (χ0v) is 9.60. The minimum absolute atomic E-state index is 0.491. The Kier molecular flexibility index (Phi) is 2.63. The molecule has 1 aromatic heterocycles. The van der Waals surface area contributed by atoms with Crippen molar-refractivity contribution in [3.05, 3.63) is 40.0 Å². The summed E-state index contributed by atoms with van der Waals surface area (Å²) in [5.41, 5.74) is 9.76. The molecule has 0 amide bonds. The molecule has 0 aliphatic carbocycles. The third-order valence-corrected chi connectivity index (χ3v) is 2.75. The molecule has 2 nitrogen and oxygen atoms in total. The van der Waals surface area contributed by atoms with Crippen LogP contribution in [0.3, 0.4) is 0 Å². The van der Waals surface area contributed by atoms with Crippen LogP contribution >= 0.6 is 11.6 Å². The highest BCUT2D eigenvalue weighted by Gasteiger charge is 2.06. The van der Waals surface area contributed by atoms with E-state index in [1.54, 1.807) is 0 Å². The Hall–Kier alpha value is -1.12. The Labute approximate surface area is 94.1 Å². The highest BCUT2D eigenvalue weighted by Crippen LogP contribution is 2.26. The van der Waals surface area contributed by atoms with Gasteiger partial charge in [-0.05, 0) is 31.5 Å². The van der Waals surface area contributed by atoms with Crippen molar-refractivity contribution in [2.45, 2.75) is 20.4 Å². The van der Waals surface area contributed by atoms with Crippen molar-refractivity contribution >= 4 is 22.5 Å². The van der Waals surface area contributed by atoms with Gasteiger partial charge in [0.2, 0.25) is 0 Å². The van der Waals surface area contributed by atoms with Crippen LogP contribution in [0, 0.1) is 13.8 Å². The third kappa shape index (κ3) is 1.83. The molecule has 0 fully saturated rings. The molecule has 3 heteroatoms. The van der Waals surface area contributed by atoms with Gasteiger partial charge in [0, 0.05) is 17.6 Å². The number of aromatic nitrogens is 1. The fourth-order valence-corrected chi connectivity index (χ4v) is 2.10. The number of nitrogens with zero attached hydrogens (tertiary/aromatic N) is 1. The molecule has 0 saturated carbocycles. The van der Waals surface area contributed by atoms with E-state index in [0.717, 1.165) is 32.7 Å². The summed E-state index contributed by atoms with van der Waals surface area (Å²) in [7, 11) is 0. The van der Waals surface area contributed by atoms with Crippen LogP contribution in [0.4, 0.5) is 0 Å². The topological polar surface area (TPSA) is 38.9 Å². The third-order valence-electron chi connectivity index (χ3n) is 2.43. The molecule has 0 radical (unpaired) electrons. The van der Waals surface area contributed by atoms with Gasteiger partial charge in [0.1, 0.15) is 0 Å². The molecular weight excluding hydrogens is 208 g/mol. The largest absolute Gasteiger partial charge is 0.326 e. The second-order valence-corrected chi connectivity index (χ2v) is 4.18. The number of benzene rings is 1. The van der Waals surface area contributed by atoms with Crippen molar-refractivity contribution < 1.29 is 0 Å². The van der Waals surface area contributed by atoms with E-state index in [0.29, 0.717) is 6.54 Å². The van der Waals surface area contributed by atoms with Crippen LogP contribution in [-0.4, -0.2) is 4.98 Å². The summed E-state index contributed by atoms with van der Waals surface area (Å²) in [6.45, 7) is 4.46. The van der Waals surface area contributed by atoms with E-state index in [4.69, 9.17) is 17.3 Å². The maximum Gasteiger partial charge on any atom is 0.0765 e. The van der Waals surface area contributed by atoms with E-state index in [1.165, 1.54) is 0 Å². The lowest BCUT2D eigenvalue weighted by Gasteiger charge is -2.08. The van der Waals surface area contributed by atoms with Gasteiger partial charge in [0.25, 0.3) is 0 Å². The maximum atomic E-state index is 6.18. The Morgan fingerprint density at radius 3 is 2.67 bits per heavy atom. The lowest BCUT2D eigenvalue weighted by atomic mass is 10.1. The van der Waals surface area contributed by atoms with Crippen LogP contribution in [-0.2, 0) is 6.54 Å². The van der Waals surface area contributed by atoms with Crippen LogP contribution < -0.4 is 5.73 Å². The molecule has 0 bridgehead atoms. The normalized spacial score (nSPS) is 10.9. The summed E-state index contributed by atoms with van der Waals surface area (Å²) < 4.78 is 0. The van der Waals surface area contributed by atoms with Gasteiger partial charge in [-0.2, -0.15) is 0 Å². The Morgan fingerprint density at radius 2 is 2.00 bits per heavy atom. The zero-order valence-electron chi connectivity index (χ0n) is 8.84. The van der Waals surface area contributed by atoms with Crippen molar-refractivity contribution in [2.24, 2.45) is 5.73 Å². The van der Waals surface area contributed by atoms with Crippen molar-refractivity contribution in [2.75, 3.05) is 0 Å². The number of aryl methyl sites for hydroxylation is 2. The molecule has 0 aliphatic rings. The van der Waals surface area contributed by atoms with Gasteiger partial charge in [0.05, 0.1) is 10.5 Å². The minimum Gasteiger partial charge on any atom is -0.326 e. The monoisotopic (exact) mass is 220 g/mol. The first-order valence-corrected chi connectivity index (χ1v) is 5.26. The second-order valence-electron chi connectivity index (χ2n) is 3.77. The molecule has 1 heterocycles. The van der Waals surface area contributed by atoms with E-state index >= 15 is 0 Å². The molecule has 0 spiro atoms. The summed E-state index contributed by atoms with van der Waals surface area (Å²) >= 11 is 6.18. The van der Waals surface area contributed by atoms with Crippen molar-refractivity contribution in [1.29, 1.82) is 0 Å². The molecule has 2 rings (SSSR count). The Bertz CT molecular complexity index is 521. The molecule has 0 unspecified atom stereocenters. The standard InChI is InChI=1S/C12H13ClN2/c1-7-3-9(6-14)12-10(4-7)11(13)5-8(2)15-12/h3-5H,6,14H2,1-2H3. The van der Waals surface area contributed by atoms with Crippen molar-refractivity contribution in [3.63, 3.8) is 0 Å². The van der Waals surface area contributed by atoms with Gasteiger partial charge in [-0.15, -0.1) is 0 Å². The number of nitrogens with two attached hydrogens (primary N) is 1. The first kappa shape index (κ1) is 10.4. The van der Waals surface area contributed by atoms with Gasteiger partial charge >= 0.3 is 0 Å². The zero-order chi connectivity index (χ0) is 11.0. The fraction of sp³-hybridized carbons (Fsp3) is 0.250. The van der Waals surface area contributed by atoms with Gasteiger partial charge in [-0.3, -0.25) is 4.98 Å². The lowest BCUT2D eigenvalue weighted by molar-refractivity contribution is 1.07. The molecule has 1 aromatic carbocycles. The Morgan fingerprint density at radius 1 is 1.27 bits per heavy atom. The van der Waals surface area contributed by atoms with Gasteiger partial charge < -0.3 is 5.73 Å². The average molecular weight is 221 g/mol. The summed E-state index contributed by atoms with van der Waals surface area (Å²) in [6.07, 6.45) is 0. The number of pyridine rings is 1. The van der Waals surface area contributed by atoms with Crippen LogP contribution in [0.5, 0.6) is 0 Å². The molecule has 78 valence electrons. The highest BCUT2D eigenvalue weighted by atomic mass is 35.5. The summed E-state index contributed by atoms with van der Waals surface area (Å²) in [5, 5.41) is 1.73. The first-order chi connectivity index (χ1) is 7.11.